The van der Waals surface area contributed by atoms with E-state index in [-0.39, 0.29) is 28.9 Å². The highest BCUT2D eigenvalue weighted by Crippen LogP contribution is 2.30. The fourth-order valence-electron chi connectivity index (χ4n) is 4.34. The normalized spacial score (nSPS) is 15.4. The fraction of sp³-hybridized carbons (Fsp3) is 0.222. The van der Waals surface area contributed by atoms with Gasteiger partial charge in [-0.05, 0) is 50.1 Å². The fourth-order valence-corrected chi connectivity index (χ4v) is 5.12. The third-order valence-corrected chi connectivity index (χ3v) is 7.29. The minimum atomic E-state index is -0.475. The van der Waals surface area contributed by atoms with E-state index >= 15 is 0 Å². The lowest BCUT2D eigenvalue weighted by atomic mass is 9.84. The molecule has 0 saturated carbocycles. The Kier molecular flexibility index (Phi) is 6.21. The van der Waals surface area contributed by atoms with Crippen molar-refractivity contribution in [1.82, 2.24) is 9.88 Å². The van der Waals surface area contributed by atoms with Crippen LogP contribution in [0.1, 0.15) is 62.0 Å². The van der Waals surface area contributed by atoms with Gasteiger partial charge in [-0.25, -0.2) is 4.98 Å². The van der Waals surface area contributed by atoms with Gasteiger partial charge in [0.1, 0.15) is 0 Å². The number of benzene rings is 2. The highest BCUT2D eigenvalue weighted by Gasteiger charge is 2.29. The number of thioether (sulfide) groups is 1. The number of hydrogen-bond donors (Lipinski definition) is 1. The summed E-state index contributed by atoms with van der Waals surface area (Å²) < 4.78 is 0. The largest absolute Gasteiger partial charge is 0.339 e. The molecule has 176 valence electrons. The van der Waals surface area contributed by atoms with Crippen LogP contribution in [0.15, 0.2) is 65.8 Å². The van der Waals surface area contributed by atoms with Gasteiger partial charge in [-0.2, -0.15) is 0 Å². The van der Waals surface area contributed by atoms with Crippen molar-refractivity contribution >= 4 is 40.8 Å². The second kappa shape index (κ2) is 9.46. The minimum Gasteiger partial charge on any atom is -0.339 e. The average molecular weight is 486 g/mol. The SMILES string of the molecule is CC(Sc1ccc(C(=O)N2CCCC2)cn1)C(=O)Nc1ccc2c(c1)C(=O)c1ccccc1C2=O. The van der Waals surface area contributed by atoms with E-state index in [1.165, 1.54) is 11.8 Å². The Labute approximate surface area is 206 Å². The maximum Gasteiger partial charge on any atom is 0.255 e. The van der Waals surface area contributed by atoms with E-state index in [0.29, 0.717) is 33.0 Å². The summed E-state index contributed by atoms with van der Waals surface area (Å²) in [6, 6.07) is 15.0. The molecule has 1 aliphatic carbocycles. The predicted octanol–water partition coefficient (Wildman–Crippen LogP) is 4.21. The molecule has 2 amide bonds. The minimum absolute atomic E-state index is 0.0135. The van der Waals surface area contributed by atoms with Crippen LogP contribution >= 0.6 is 11.8 Å². The molecule has 35 heavy (non-hydrogen) atoms. The topological polar surface area (TPSA) is 96.4 Å². The number of anilines is 1. The van der Waals surface area contributed by atoms with Crippen molar-refractivity contribution in [3.63, 3.8) is 0 Å². The van der Waals surface area contributed by atoms with Crippen molar-refractivity contribution in [2.24, 2.45) is 0 Å². The molecule has 1 unspecified atom stereocenters. The molecule has 0 spiro atoms. The predicted molar refractivity (Wildman–Crippen MR) is 133 cm³/mol. The van der Waals surface area contributed by atoms with Crippen LogP contribution in [0.4, 0.5) is 5.69 Å². The van der Waals surface area contributed by atoms with E-state index in [0.717, 1.165) is 25.9 Å². The number of nitrogens with one attached hydrogen (secondary N) is 1. The third-order valence-electron chi connectivity index (χ3n) is 6.24. The van der Waals surface area contributed by atoms with Crippen molar-refractivity contribution in [2.75, 3.05) is 18.4 Å². The summed E-state index contributed by atoms with van der Waals surface area (Å²) in [5, 5.41) is 2.98. The average Bonchev–Trinajstić information content (AvgIpc) is 3.42. The van der Waals surface area contributed by atoms with E-state index in [2.05, 4.69) is 10.3 Å². The van der Waals surface area contributed by atoms with Crippen LogP contribution in [0.3, 0.4) is 0 Å². The van der Waals surface area contributed by atoms with Gasteiger partial charge in [0.05, 0.1) is 15.8 Å². The molecule has 0 radical (unpaired) electrons. The zero-order chi connectivity index (χ0) is 24.5. The summed E-state index contributed by atoms with van der Waals surface area (Å²) in [5.74, 6) is -0.708. The highest BCUT2D eigenvalue weighted by atomic mass is 32.2. The Hall–Kier alpha value is -3.78. The van der Waals surface area contributed by atoms with Crippen LogP contribution in [0.25, 0.3) is 0 Å². The molecule has 2 aromatic carbocycles. The van der Waals surface area contributed by atoms with Crippen molar-refractivity contribution in [3.05, 3.63) is 88.6 Å². The molecule has 8 heteroatoms. The van der Waals surface area contributed by atoms with Crippen molar-refractivity contribution in [3.8, 4) is 0 Å². The Morgan fingerprint density at radius 3 is 2.23 bits per heavy atom. The van der Waals surface area contributed by atoms with E-state index in [1.54, 1.807) is 67.7 Å². The van der Waals surface area contributed by atoms with Gasteiger partial charge in [0, 0.05) is 47.2 Å². The third kappa shape index (κ3) is 4.49. The number of hydrogen-bond acceptors (Lipinski definition) is 6. The molecule has 3 aromatic rings. The lowest BCUT2D eigenvalue weighted by Crippen LogP contribution is -2.27. The monoisotopic (exact) mass is 485 g/mol. The molecular formula is C27H23N3O4S. The number of aromatic nitrogens is 1. The van der Waals surface area contributed by atoms with Crippen LogP contribution in [-0.2, 0) is 4.79 Å². The van der Waals surface area contributed by atoms with Crippen molar-refractivity contribution in [2.45, 2.75) is 30.0 Å². The number of pyridine rings is 1. The first kappa shape index (κ1) is 23.0. The van der Waals surface area contributed by atoms with E-state index in [9.17, 15) is 19.2 Å². The zero-order valence-electron chi connectivity index (χ0n) is 19.1. The standard InChI is InChI=1S/C27H23N3O4S/c1-16(35-23-11-8-17(15-28-23)27(34)30-12-4-5-13-30)26(33)29-18-9-10-21-22(14-18)25(32)20-7-3-2-6-19(20)24(21)31/h2-3,6-11,14-16H,4-5,12-13H2,1H3,(H,29,33). The maximum absolute atomic E-state index is 12.9. The first-order valence-electron chi connectivity index (χ1n) is 11.5. The second-order valence-electron chi connectivity index (χ2n) is 8.60. The molecule has 2 aliphatic rings. The molecule has 1 saturated heterocycles. The van der Waals surface area contributed by atoms with E-state index in [4.69, 9.17) is 0 Å². The van der Waals surface area contributed by atoms with E-state index in [1.807, 2.05) is 4.90 Å². The molecule has 0 bridgehead atoms. The Balaban J connectivity index is 1.25. The van der Waals surface area contributed by atoms with Gasteiger partial charge >= 0.3 is 0 Å². The van der Waals surface area contributed by atoms with Gasteiger partial charge in [0.2, 0.25) is 5.91 Å². The Bertz CT molecular complexity index is 1350. The van der Waals surface area contributed by atoms with Gasteiger partial charge in [0.25, 0.3) is 5.91 Å². The van der Waals surface area contributed by atoms with Gasteiger partial charge in [-0.15, -0.1) is 0 Å². The summed E-state index contributed by atoms with van der Waals surface area (Å²) in [7, 11) is 0. The number of carbonyl (C=O) groups excluding carboxylic acids is 4. The van der Waals surface area contributed by atoms with Crippen LogP contribution in [0.2, 0.25) is 0 Å². The molecule has 2 heterocycles. The van der Waals surface area contributed by atoms with E-state index < -0.39 is 5.25 Å². The first-order valence-corrected chi connectivity index (χ1v) is 12.4. The molecule has 1 aliphatic heterocycles. The van der Waals surface area contributed by atoms with Crippen LogP contribution in [0, 0.1) is 0 Å². The number of amides is 2. The van der Waals surface area contributed by atoms with Crippen molar-refractivity contribution in [1.29, 1.82) is 0 Å². The maximum atomic E-state index is 12.9. The van der Waals surface area contributed by atoms with Gasteiger partial charge in [-0.1, -0.05) is 36.0 Å². The van der Waals surface area contributed by atoms with Crippen molar-refractivity contribution < 1.29 is 19.2 Å². The molecule has 1 N–H and O–H groups in total. The molecule has 1 fully saturated rings. The van der Waals surface area contributed by atoms with Gasteiger partial charge < -0.3 is 10.2 Å². The van der Waals surface area contributed by atoms with Gasteiger partial charge in [0.15, 0.2) is 11.6 Å². The number of rotatable bonds is 5. The van der Waals surface area contributed by atoms with Crippen LogP contribution < -0.4 is 5.32 Å². The summed E-state index contributed by atoms with van der Waals surface area (Å²) in [4.78, 5) is 57.1. The number of nitrogens with zero attached hydrogens (tertiary/aromatic N) is 2. The summed E-state index contributed by atoms with van der Waals surface area (Å²) >= 11 is 1.27. The molecule has 5 rings (SSSR count). The summed E-state index contributed by atoms with van der Waals surface area (Å²) in [5.41, 5.74) is 2.38. The number of ketones is 2. The highest BCUT2D eigenvalue weighted by molar-refractivity contribution is 8.00. The summed E-state index contributed by atoms with van der Waals surface area (Å²) in [6.07, 6.45) is 3.61. The quantitative estimate of drug-likeness (QED) is 0.426. The van der Waals surface area contributed by atoms with Gasteiger partial charge in [-0.3, -0.25) is 19.2 Å². The smallest absolute Gasteiger partial charge is 0.255 e. The Morgan fingerprint density at radius 1 is 0.914 bits per heavy atom. The summed E-state index contributed by atoms with van der Waals surface area (Å²) in [6.45, 7) is 3.32. The molecule has 1 aromatic heterocycles. The second-order valence-corrected chi connectivity index (χ2v) is 9.96. The Morgan fingerprint density at radius 2 is 1.57 bits per heavy atom. The number of fused-ring (bicyclic) bond motifs is 2. The number of carbonyl (C=O) groups is 4. The number of likely N-dealkylation sites (tertiary alicyclic amines) is 1. The molecular weight excluding hydrogens is 462 g/mol. The molecule has 1 atom stereocenters. The first-order chi connectivity index (χ1) is 16.9. The lowest BCUT2D eigenvalue weighted by molar-refractivity contribution is -0.115. The lowest BCUT2D eigenvalue weighted by Gasteiger charge is -2.19. The van der Waals surface area contributed by atoms with Crippen LogP contribution in [0.5, 0.6) is 0 Å². The van der Waals surface area contributed by atoms with Crippen LogP contribution in [-0.4, -0.2) is 51.6 Å². The zero-order valence-corrected chi connectivity index (χ0v) is 19.9. The molecule has 7 nitrogen and oxygen atoms in total.